The van der Waals surface area contributed by atoms with E-state index in [0.717, 1.165) is 3.79 Å². The highest BCUT2D eigenvalue weighted by Gasteiger charge is 2.12. The fourth-order valence-electron chi connectivity index (χ4n) is 0.784. The number of carboxylic acids is 1. The first-order chi connectivity index (χ1) is 6.02. The van der Waals surface area contributed by atoms with Gasteiger partial charge in [-0.15, -0.1) is 11.3 Å². The Morgan fingerprint density at radius 1 is 1.62 bits per heavy atom. The van der Waals surface area contributed by atoms with Gasteiger partial charge >= 0.3 is 5.97 Å². The first-order valence-electron chi connectivity index (χ1n) is 3.37. The number of halogens is 2. The van der Waals surface area contributed by atoms with Crippen LogP contribution in [0.3, 0.4) is 0 Å². The number of carbonyl (C=O) groups is 1. The summed E-state index contributed by atoms with van der Waals surface area (Å²) < 4.78 is 13.7. The van der Waals surface area contributed by atoms with Crippen molar-refractivity contribution < 1.29 is 14.3 Å². The number of thiophene rings is 1. The molecular formula is C8H6BrFO2S. The molecule has 0 saturated heterocycles. The third kappa shape index (κ3) is 2.38. The van der Waals surface area contributed by atoms with E-state index >= 15 is 0 Å². The summed E-state index contributed by atoms with van der Waals surface area (Å²) in [6.07, 6.45) is 0. The zero-order valence-electron chi connectivity index (χ0n) is 6.67. The molecule has 5 heteroatoms. The first kappa shape index (κ1) is 10.4. The normalized spacial score (nSPS) is 12.5. The molecular weight excluding hydrogens is 259 g/mol. The second-order valence-corrected chi connectivity index (χ2v) is 4.81. The third-order valence-electron chi connectivity index (χ3n) is 1.46. The topological polar surface area (TPSA) is 37.3 Å². The molecule has 0 aliphatic rings. The molecule has 1 heterocycles. The Hall–Kier alpha value is -0.680. The van der Waals surface area contributed by atoms with Gasteiger partial charge in [-0.05, 0) is 35.0 Å². The quantitative estimate of drug-likeness (QED) is 0.833. The number of hydrogen-bond donors (Lipinski definition) is 1. The Morgan fingerprint density at radius 2 is 2.23 bits per heavy atom. The van der Waals surface area contributed by atoms with Crippen molar-refractivity contribution in [1.82, 2.24) is 0 Å². The molecule has 0 radical (unpaired) electrons. The van der Waals surface area contributed by atoms with Crippen LogP contribution in [-0.2, 0) is 4.79 Å². The fraction of sp³-hybridized carbons (Fsp3) is 0.125. The monoisotopic (exact) mass is 264 g/mol. The molecule has 2 nitrogen and oxygen atoms in total. The summed E-state index contributed by atoms with van der Waals surface area (Å²) in [6, 6.07) is 3.42. The van der Waals surface area contributed by atoms with Crippen molar-refractivity contribution in [3.8, 4) is 0 Å². The molecule has 13 heavy (non-hydrogen) atoms. The molecule has 0 atom stereocenters. The van der Waals surface area contributed by atoms with E-state index in [1.807, 2.05) is 0 Å². The molecule has 70 valence electrons. The minimum absolute atomic E-state index is 0.156. The van der Waals surface area contributed by atoms with Crippen molar-refractivity contribution in [2.24, 2.45) is 0 Å². The predicted octanol–water partition coefficient (Wildman–Crippen LogP) is 3.30. The van der Waals surface area contributed by atoms with Gasteiger partial charge in [-0.1, -0.05) is 0 Å². The van der Waals surface area contributed by atoms with Crippen molar-refractivity contribution in [3.05, 3.63) is 26.6 Å². The van der Waals surface area contributed by atoms with Crippen LogP contribution in [0.15, 0.2) is 21.7 Å². The van der Waals surface area contributed by atoms with Crippen molar-refractivity contribution in [2.75, 3.05) is 0 Å². The van der Waals surface area contributed by atoms with Crippen LogP contribution in [0, 0.1) is 0 Å². The molecule has 0 aromatic carbocycles. The van der Waals surface area contributed by atoms with Crippen LogP contribution in [0.4, 0.5) is 4.39 Å². The lowest BCUT2D eigenvalue weighted by molar-refractivity contribution is -0.134. The Labute approximate surface area is 86.8 Å². The van der Waals surface area contributed by atoms with Gasteiger partial charge in [0.05, 0.1) is 3.79 Å². The van der Waals surface area contributed by atoms with Gasteiger partial charge in [0.2, 0.25) is 5.83 Å². The van der Waals surface area contributed by atoms with Gasteiger partial charge in [-0.3, -0.25) is 0 Å². The molecule has 1 rings (SSSR count). The largest absolute Gasteiger partial charge is 0.476 e. The summed E-state index contributed by atoms with van der Waals surface area (Å²) in [6.45, 7) is 1.45. The Kier molecular flexibility index (Phi) is 3.22. The van der Waals surface area contributed by atoms with E-state index in [4.69, 9.17) is 5.11 Å². The zero-order chi connectivity index (χ0) is 10.0. The summed E-state index contributed by atoms with van der Waals surface area (Å²) in [7, 11) is 0. The minimum Gasteiger partial charge on any atom is -0.476 e. The highest BCUT2D eigenvalue weighted by Crippen LogP contribution is 2.29. The van der Waals surface area contributed by atoms with E-state index in [1.165, 1.54) is 18.3 Å². The average Bonchev–Trinajstić information content (AvgIpc) is 2.49. The Morgan fingerprint density at radius 3 is 2.62 bits per heavy atom. The summed E-state index contributed by atoms with van der Waals surface area (Å²) in [5, 5.41) is 8.38. The fourth-order valence-corrected chi connectivity index (χ4v) is 2.16. The molecule has 1 aromatic rings. The van der Waals surface area contributed by atoms with Crippen LogP contribution in [-0.4, -0.2) is 11.1 Å². The Bertz CT molecular complexity index is 370. The molecule has 0 aliphatic carbocycles. The van der Waals surface area contributed by atoms with Crippen LogP contribution < -0.4 is 0 Å². The third-order valence-corrected chi connectivity index (χ3v) is 3.20. The summed E-state index contributed by atoms with van der Waals surface area (Å²) in [5.41, 5.74) is 0.156. The van der Waals surface area contributed by atoms with E-state index in [1.54, 1.807) is 12.1 Å². The van der Waals surface area contributed by atoms with E-state index in [2.05, 4.69) is 15.9 Å². The molecule has 0 unspecified atom stereocenters. The Balaban J connectivity index is 3.09. The van der Waals surface area contributed by atoms with Crippen LogP contribution in [0.1, 0.15) is 11.8 Å². The van der Waals surface area contributed by atoms with E-state index in [9.17, 15) is 9.18 Å². The predicted molar refractivity (Wildman–Crippen MR) is 53.4 cm³/mol. The minimum atomic E-state index is -1.53. The highest BCUT2D eigenvalue weighted by atomic mass is 79.9. The van der Waals surface area contributed by atoms with Gasteiger partial charge in [0, 0.05) is 10.5 Å². The molecule has 0 saturated carbocycles. The smallest absolute Gasteiger partial charge is 0.365 e. The lowest BCUT2D eigenvalue weighted by Crippen LogP contribution is -1.96. The lowest BCUT2D eigenvalue weighted by atomic mass is 10.2. The zero-order valence-corrected chi connectivity index (χ0v) is 9.08. The van der Waals surface area contributed by atoms with E-state index in [0.29, 0.717) is 4.88 Å². The van der Waals surface area contributed by atoms with Crippen molar-refractivity contribution >= 4 is 38.8 Å². The van der Waals surface area contributed by atoms with Gasteiger partial charge in [0.1, 0.15) is 0 Å². The molecule has 0 fully saturated rings. The molecule has 0 bridgehead atoms. The second kappa shape index (κ2) is 4.02. The maximum atomic E-state index is 12.9. The van der Waals surface area contributed by atoms with Crippen LogP contribution in [0.2, 0.25) is 0 Å². The van der Waals surface area contributed by atoms with Crippen LogP contribution in [0.5, 0.6) is 0 Å². The van der Waals surface area contributed by atoms with Gasteiger partial charge in [0.15, 0.2) is 0 Å². The summed E-state index contributed by atoms with van der Waals surface area (Å²) in [4.78, 5) is 10.9. The SMILES string of the molecule is CC(=C(F)C(=O)O)c1ccc(Br)s1. The molecule has 0 amide bonds. The maximum Gasteiger partial charge on any atom is 0.365 e. The average molecular weight is 265 g/mol. The number of allylic oxidation sites excluding steroid dienone is 1. The molecule has 1 aromatic heterocycles. The second-order valence-electron chi connectivity index (χ2n) is 2.35. The summed E-state index contributed by atoms with van der Waals surface area (Å²) >= 11 is 4.51. The number of carboxylic acid groups (broad SMARTS) is 1. The number of aliphatic carboxylic acids is 1. The van der Waals surface area contributed by atoms with E-state index in [-0.39, 0.29) is 5.57 Å². The number of hydrogen-bond acceptors (Lipinski definition) is 2. The molecule has 0 aliphatic heterocycles. The van der Waals surface area contributed by atoms with Crippen LogP contribution >= 0.6 is 27.3 Å². The molecule has 1 N–H and O–H groups in total. The van der Waals surface area contributed by atoms with Gasteiger partial charge in [-0.25, -0.2) is 4.79 Å². The summed E-state index contributed by atoms with van der Waals surface area (Å²) in [5.74, 6) is -2.63. The standard InChI is InChI=1S/C8H6BrFO2S/c1-4(7(10)8(11)12)5-2-3-6(9)13-5/h2-3H,1H3,(H,11,12). The number of rotatable bonds is 2. The van der Waals surface area contributed by atoms with Gasteiger partial charge < -0.3 is 5.11 Å². The van der Waals surface area contributed by atoms with Crippen molar-refractivity contribution in [3.63, 3.8) is 0 Å². The van der Waals surface area contributed by atoms with Crippen LogP contribution in [0.25, 0.3) is 5.57 Å². The first-order valence-corrected chi connectivity index (χ1v) is 4.98. The van der Waals surface area contributed by atoms with Crippen molar-refractivity contribution in [1.29, 1.82) is 0 Å². The lowest BCUT2D eigenvalue weighted by Gasteiger charge is -1.96. The van der Waals surface area contributed by atoms with E-state index < -0.39 is 11.8 Å². The van der Waals surface area contributed by atoms with Gasteiger partial charge in [0.25, 0.3) is 0 Å². The maximum absolute atomic E-state index is 12.9. The van der Waals surface area contributed by atoms with Crippen molar-refractivity contribution in [2.45, 2.75) is 6.92 Å². The highest BCUT2D eigenvalue weighted by molar-refractivity contribution is 9.11. The van der Waals surface area contributed by atoms with Gasteiger partial charge in [-0.2, -0.15) is 4.39 Å². The molecule has 0 spiro atoms.